The maximum absolute atomic E-state index is 12.4. The molecule has 1 aromatic carbocycles. The van der Waals surface area contributed by atoms with Crippen molar-refractivity contribution in [2.75, 3.05) is 12.9 Å². The van der Waals surface area contributed by atoms with Gasteiger partial charge in [-0.3, -0.25) is 9.36 Å². The van der Waals surface area contributed by atoms with Gasteiger partial charge in [-0.25, -0.2) is 0 Å². The van der Waals surface area contributed by atoms with Crippen LogP contribution in [-0.2, 0) is 4.79 Å². The summed E-state index contributed by atoms with van der Waals surface area (Å²) in [6.45, 7) is 8.58. The molecule has 2 aromatic rings. The van der Waals surface area contributed by atoms with Crippen molar-refractivity contribution in [2.45, 2.75) is 70.6 Å². The van der Waals surface area contributed by atoms with E-state index in [-0.39, 0.29) is 11.9 Å². The summed E-state index contributed by atoms with van der Waals surface area (Å²) in [6.07, 6.45) is 4.81. The first-order valence-electron chi connectivity index (χ1n) is 10.9. The third kappa shape index (κ3) is 5.36. The Morgan fingerprint density at radius 1 is 1.20 bits per heavy atom. The van der Waals surface area contributed by atoms with E-state index in [1.54, 1.807) is 7.11 Å². The fraction of sp³-hybridized carbons (Fsp3) is 0.609. The lowest BCUT2D eigenvalue weighted by Gasteiger charge is -2.31. The van der Waals surface area contributed by atoms with Gasteiger partial charge >= 0.3 is 0 Å². The van der Waals surface area contributed by atoms with Crippen molar-refractivity contribution in [3.63, 3.8) is 0 Å². The summed E-state index contributed by atoms with van der Waals surface area (Å²) in [7, 11) is 1.67. The molecule has 1 fully saturated rings. The summed E-state index contributed by atoms with van der Waals surface area (Å²) >= 11 is 1.48. The Bertz CT molecular complexity index is 834. The molecule has 7 heteroatoms. The van der Waals surface area contributed by atoms with Crippen molar-refractivity contribution in [3.05, 3.63) is 24.3 Å². The highest BCUT2D eigenvalue weighted by molar-refractivity contribution is 7.99. The molecule has 30 heavy (non-hydrogen) atoms. The van der Waals surface area contributed by atoms with Crippen molar-refractivity contribution in [1.29, 1.82) is 0 Å². The Balaban J connectivity index is 1.85. The van der Waals surface area contributed by atoms with Crippen LogP contribution in [0.1, 0.15) is 59.4 Å². The first kappa shape index (κ1) is 22.7. The zero-order valence-corrected chi connectivity index (χ0v) is 19.5. The lowest BCUT2D eigenvalue weighted by molar-refractivity contribution is -0.119. The molecule has 1 aliphatic carbocycles. The van der Waals surface area contributed by atoms with Crippen molar-refractivity contribution in [1.82, 2.24) is 20.1 Å². The van der Waals surface area contributed by atoms with Crippen LogP contribution in [0.5, 0.6) is 5.75 Å². The molecule has 0 aliphatic heterocycles. The van der Waals surface area contributed by atoms with Gasteiger partial charge < -0.3 is 10.1 Å². The van der Waals surface area contributed by atoms with Gasteiger partial charge in [-0.15, -0.1) is 10.2 Å². The lowest BCUT2D eigenvalue weighted by atomic mass is 9.85. The van der Waals surface area contributed by atoms with E-state index in [0.29, 0.717) is 23.6 Å². The largest absolute Gasteiger partial charge is 0.497 e. The highest BCUT2D eigenvalue weighted by Gasteiger charge is 2.29. The van der Waals surface area contributed by atoms with Gasteiger partial charge in [-0.1, -0.05) is 45.4 Å². The minimum atomic E-state index is 0.0402. The van der Waals surface area contributed by atoms with Gasteiger partial charge in [0, 0.05) is 17.6 Å². The van der Waals surface area contributed by atoms with Gasteiger partial charge in [-0.05, 0) is 55.9 Å². The number of ether oxygens (including phenoxy) is 1. The van der Waals surface area contributed by atoms with Crippen molar-refractivity contribution >= 4 is 17.7 Å². The Kier molecular flexibility index (Phi) is 7.81. The van der Waals surface area contributed by atoms with Gasteiger partial charge in [0.1, 0.15) is 5.75 Å². The van der Waals surface area contributed by atoms with Crippen LogP contribution < -0.4 is 10.1 Å². The third-order valence-corrected chi connectivity index (χ3v) is 7.07. The zero-order valence-electron chi connectivity index (χ0n) is 18.7. The molecular formula is C23H34N4O2S. The van der Waals surface area contributed by atoms with Gasteiger partial charge in [-0.2, -0.15) is 0 Å². The van der Waals surface area contributed by atoms with Gasteiger partial charge in [0.05, 0.1) is 12.9 Å². The van der Waals surface area contributed by atoms with Crippen LogP contribution in [0.15, 0.2) is 29.4 Å². The number of nitrogens with zero attached hydrogens (tertiary/aromatic N) is 3. The van der Waals surface area contributed by atoms with E-state index in [1.165, 1.54) is 31.0 Å². The summed E-state index contributed by atoms with van der Waals surface area (Å²) in [5.41, 5.74) is 1.02. The van der Waals surface area contributed by atoms with Crippen LogP contribution in [0.25, 0.3) is 11.4 Å². The van der Waals surface area contributed by atoms with E-state index >= 15 is 0 Å². The number of carbonyl (C=O) groups excluding carboxylic acids is 1. The van der Waals surface area contributed by atoms with E-state index in [0.717, 1.165) is 28.7 Å². The van der Waals surface area contributed by atoms with E-state index in [2.05, 4.69) is 40.9 Å². The molecule has 0 spiro atoms. The second-order valence-corrected chi connectivity index (χ2v) is 9.57. The third-order valence-electron chi connectivity index (χ3n) is 6.13. The minimum Gasteiger partial charge on any atom is -0.497 e. The van der Waals surface area contributed by atoms with Crippen molar-refractivity contribution in [2.24, 2.45) is 11.8 Å². The van der Waals surface area contributed by atoms with Crippen LogP contribution in [-0.4, -0.2) is 39.6 Å². The monoisotopic (exact) mass is 430 g/mol. The predicted octanol–water partition coefficient (Wildman–Crippen LogP) is 4.96. The molecule has 1 heterocycles. The molecule has 164 valence electrons. The molecular weight excluding hydrogens is 396 g/mol. The standard InChI is InChI=1S/C23H34N4O2S/c1-15(2)17(4)24-21(28)14-30-23-26-25-22(18-10-12-19(29-5)13-11-18)27(23)20-9-7-6-8-16(20)3/h10-13,15-17,20H,6-9,14H2,1-5H3,(H,24,28)/t16-,17-,20-/m1/s1. The molecule has 1 aromatic heterocycles. The van der Waals surface area contributed by atoms with Crippen LogP contribution >= 0.6 is 11.8 Å². The second kappa shape index (κ2) is 10.3. The molecule has 0 bridgehead atoms. The fourth-order valence-corrected chi connectivity index (χ4v) is 4.69. The van der Waals surface area contributed by atoms with E-state index in [4.69, 9.17) is 4.74 Å². The van der Waals surface area contributed by atoms with Crippen LogP contribution in [0.2, 0.25) is 0 Å². The molecule has 1 N–H and O–H groups in total. The maximum atomic E-state index is 12.4. The summed E-state index contributed by atoms with van der Waals surface area (Å²) in [6, 6.07) is 8.46. The molecule has 1 saturated carbocycles. The summed E-state index contributed by atoms with van der Waals surface area (Å²) in [5, 5.41) is 12.9. The number of amides is 1. The van der Waals surface area contributed by atoms with Crippen molar-refractivity contribution < 1.29 is 9.53 Å². The van der Waals surface area contributed by atoms with Crippen LogP contribution in [0, 0.1) is 11.8 Å². The first-order valence-corrected chi connectivity index (χ1v) is 11.9. The highest BCUT2D eigenvalue weighted by atomic mass is 32.2. The predicted molar refractivity (Wildman–Crippen MR) is 122 cm³/mol. The number of rotatable bonds is 8. The van der Waals surface area contributed by atoms with Gasteiger partial charge in [0.15, 0.2) is 11.0 Å². The zero-order chi connectivity index (χ0) is 21.7. The number of methoxy groups -OCH3 is 1. The molecule has 1 aliphatic rings. The Hall–Kier alpha value is -2.02. The van der Waals surface area contributed by atoms with E-state index < -0.39 is 0 Å². The number of nitrogens with one attached hydrogen (secondary N) is 1. The number of hydrogen-bond donors (Lipinski definition) is 1. The van der Waals surface area contributed by atoms with Crippen LogP contribution in [0.3, 0.4) is 0 Å². The molecule has 0 radical (unpaired) electrons. The quantitative estimate of drug-likeness (QED) is 0.600. The van der Waals surface area contributed by atoms with Crippen molar-refractivity contribution in [3.8, 4) is 17.1 Å². The normalized spacial score (nSPS) is 20.2. The number of carbonyl (C=O) groups is 1. The molecule has 3 atom stereocenters. The average molecular weight is 431 g/mol. The van der Waals surface area contributed by atoms with Gasteiger partial charge in [0.2, 0.25) is 5.91 Å². The number of aromatic nitrogens is 3. The second-order valence-electron chi connectivity index (χ2n) is 8.62. The Labute approximate surface area is 184 Å². The van der Waals surface area contributed by atoms with Gasteiger partial charge in [0.25, 0.3) is 0 Å². The van der Waals surface area contributed by atoms with E-state index in [9.17, 15) is 4.79 Å². The number of benzene rings is 1. The number of hydrogen-bond acceptors (Lipinski definition) is 5. The molecule has 1 amide bonds. The summed E-state index contributed by atoms with van der Waals surface area (Å²) in [4.78, 5) is 12.4. The maximum Gasteiger partial charge on any atom is 0.230 e. The Morgan fingerprint density at radius 2 is 1.90 bits per heavy atom. The Morgan fingerprint density at radius 3 is 2.53 bits per heavy atom. The average Bonchev–Trinajstić information content (AvgIpc) is 3.16. The minimum absolute atomic E-state index is 0.0402. The highest BCUT2D eigenvalue weighted by Crippen LogP contribution is 2.39. The topological polar surface area (TPSA) is 69.0 Å². The first-order chi connectivity index (χ1) is 14.4. The fourth-order valence-electron chi connectivity index (χ4n) is 3.88. The summed E-state index contributed by atoms with van der Waals surface area (Å²) < 4.78 is 7.57. The smallest absolute Gasteiger partial charge is 0.230 e. The lowest BCUT2D eigenvalue weighted by Crippen LogP contribution is -2.37. The summed E-state index contributed by atoms with van der Waals surface area (Å²) in [5.74, 6) is 3.04. The molecule has 6 nitrogen and oxygen atoms in total. The molecule has 3 rings (SSSR count). The SMILES string of the molecule is COc1ccc(-c2nnc(SCC(=O)N[C@H](C)C(C)C)n2[C@@H]2CCCC[C@H]2C)cc1. The molecule has 0 saturated heterocycles. The molecule has 0 unspecified atom stereocenters. The van der Waals surface area contributed by atoms with Crippen LogP contribution in [0.4, 0.5) is 0 Å². The number of thioether (sulfide) groups is 1. The van der Waals surface area contributed by atoms with E-state index in [1.807, 2.05) is 31.2 Å².